The van der Waals surface area contributed by atoms with Crippen LogP contribution in [0, 0.1) is 17.4 Å². The maximum Gasteiger partial charge on any atom is 0.240 e. The van der Waals surface area contributed by atoms with Crippen LogP contribution in [0.1, 0.15) is 5.56 Å². The first kappa shape index (κ1) is 18.9. The predicted octanol–water partition coefficient (Wildman–Crippen LogP) is 4.72. The molecule has 1 aromatic heterocycles. The third-order valence-electron chi connectivity index (χ3n) is 3.50. The van der Waals surface area contributed by atoms with Gasteiger partial charge in [0.15, 0.2) is 0 Å². The van der Waals surface area contributed by atoms with Gasteiger partial charge in [-0.25, -0.2) is 4.68 Å². The molecule has 2 rings (SSSR count). The van der Waals surface area contributed by atoms with E-state index in [-0.39, 0.29) is 6.73 Å². The molecule has 0 amide bonds. The van der Waals surface area contributed by atoms with E-state index in [1.165, 1.54) is 0 Å². The SMILES string of the molecule is C[Si](C)(C)C#Cc1ccc2c(c1)c(F)nn2COCC[Si](C)(C)C. The molecule has 0 aliphatic carbocycles. The lowest BCUT2D eigenvalue weighted by molar-refractivity contribution is 0.0804. The van der Waals surface area contributed by atoms with E-state index in [1.807, 2.05) is 12.1 Å². The molecule has 2 aromatic rings. The molecule has 1 heterocycles. The molecule has 0 unspecified atom stereocenters. The Bertz CT molecular complexity index is 776. The summed E-state index contributed by atoms with van der Waals surface area (Å²) in [6.45, 7) is 14.5. The molecule has 1 aromatic carbocycles. The van der Waals surface area contributed by atoms with Gasteiger partial charge in [-0.2, -0.15) is 4.39 Å². The number of halogens is 1. The zero-order valence-electron chi connectivity index (χ0n) is 15.5. The number of hydrogen-bond donors (Lipinski definition) is 0. The topological polar surface area (TPSA) is 27.1 Å². The number of ether oxygens (including phenoxy) is 1. The van der Waals surface area contributed by atoms with E-state index in [9.17, 15) is 4.39 Å². The van der Waals surface area contributed by atoms with E-state index >= 15 is 0 Å². The maximum absolute atomic E-state index is 14.1. The van der Waals surface area contributed by atoms with E-state index in [2.05, 4.69) is 55.8 Å². The van der Waals surface area contributed by atoms with E-state index < -0.39 is 22.1 Å². The smallest absolute Gasteiger partial charge is 0.240 e. The molecule has 0 aliphatic rings. The van der Waals surface area contributed by atoms with Crippen molar-refractivity contribution < 1.29 is 9.13 Å². The summed E-state index contributed by atoms with van der Waals surface area (Å²) in [4.78, 5) is 0. The van der Waals surface area contributed by atoms with Crippen LogP contribution >= 0.6 is 0 Å². The minimum absolute atomic E-state index is 0.283. The van der Waals surface area contributed by atoms with E-state index in [0.29, 0.717) is 12.0 Å². The summed E-state index contributed by atoms with van der Waals surface area (Å²) in [5.41, 5.74) is 4.89. The summed E-state index contributed by atoms with van der Waals surface area (Å²) in [7, 11) is -2.56. The van der Waals surface area contributed by atoms with Crippen LogP contribution in [-0.2, 0) is 11.5 Å². The minimum atomic E-state index is -1.45. The van der Waals surface area contributed by atoms with Crippen molar-refractivity contribution in [1.29, 1.82) is 0 Å². The molecular formula is C18H27FN2OSi2. The number of nitrogens with zero attached hydrogens (tertiary/aromatic N) is 2. The summed E-state index contributed by atoms with van der Waals surface area (Å²) in [5, 5.41) is 4.48. The Balaban J connectivity index is 2.15. The molecule has 0 aliphatic heterocycles. The molecule has 0 spiro atoms. The Morgan fingerprint density at radius 3 is 2.50 bits per heavy atom. The number of benzene rings is 1. The summed E-state index contributed by atoms with van der Waals surface area (Å²) >= 11 is 0. The molecule has 0 radical (unpaired) electrons. The van der Waals surface area contributed by atoms with Gasteiger partial charge in [0.05, 0.1) is 10.9 Å². The van der Waals surface area contributed by atoms with Crippen LogP contribution < -0.4 is 0 Å². The molecule has 130 valence electrons. The van der Waals surface area contributed by atoms with Gasteiger partial charge < -0.3 is 4.74 Å². The lowest BCUT2D eigenvalue weighted by Gasteiger charge is -2.15. The molecular weight excluding hydrogens is 335 g/mol. The number of hydrogen-bond acceptors (Lipinski definition) is 2. The highest BCUT2D eigenvalue weighted by Gasteiger charge is 2.14. The molecule has 0 saturated heterocycles. The monoisotopic (exact) mass is 362 g/mol. The maximum atomic E-state index is 14.1. The first-order valence-electron chi connectivity index (χ1n) is 8.32. The van der Waals surface area contributed by atoms with Gasteiger partial charge >= 0.3 is 0 Å². The largest absolute Gasteiger partial charge is 0.360 e. The fourth-order valence-electron chi connectivity index (χ4n) is 2.11. The third-order valence-corrected chi connectivity index (χ3v) is 6.08. The van der Waals surface area contributed by atoms with Crippen LogP contribution in [0.25, 0.3) is 10.9 Å². The first-order valence-corrected chi connectivity index (χ1v) is 15.5. The summed E-state index contributed by atoms with van der Waals surface area (Å²) in [6, 6.07) is 6.67. The van der Waals surface area contributed by atoms with E-state index in [1.54, 1.807) is 10.7 Å². The van der Waals surface area contributed by atoms with Gasteiger partial charge in [0.25, 0.3) is 0 Å². The normalized spacial score (nSPS) is 12.3. The van der Waals surface area contributed by atoms with Gasteiger partial charge in [-0.3, -0.25) is 0 Å². The number of aromatic nitrogens is 2. The standard InChI is InChI=1S/C18H27FN2OSi2/c1-23(2,3)11-9-15-7-8-17-16(13-15)18(19)20-21(17)14-22-10-12-24(4,5)6/h7-8,13H,10,12,14H2,1-6H3. The van der Waals surface area contributed by atoms with Crippen LogP contribution in [0.15, 0.2) is 18.2 Å². The van der Waals surface area contributed by atoms with Gasteiger partial charge in [0.2, 0.25) is 5.95 Å². The highest BCUT2D eigenvalue weighted by molar-refractivity contribution is 6.83. The molecule has 0 saturated carbocycles. The quantitative estimate of drug-likeness (QED) is 0.437. The summed E-state index contributed by atoms with van der Waals surface area (Å²) in [5.74, 6) is 2.70. The minimum Gasteiger partial charge on any atom is -0.360 e. The van der Waals surface area contributed by atoms with Gasteiger partial charge in [-0.05, 0) is 24.2 Å². The van der Waals surface area contributed by atoms with Crippen molar-refractivity contribution >= 4 is 27.1 Å². The van der Waals surface area contributed by atoms with Gasteiger partial charge in [-0.15, -0.1) is 10.6 Å². The Morgan fingerprint density at radius 1 is 1.17 bits per heavy atom. The number of rotatable bonds is 5. The fourth-order valence-corrected chi connectivity index (χ4v) is 3.38. The van der Waals surface area contributed by atoms with Crippen molar-refractivity contribution in [1.82, 2.24) is 9.78 Å². The Kier molecular flexibility index (Phi) is 5.68. The Labute approximate surface area is 146 Å². The van der Waals surface area contributed by atoms with E-state index in [4.69, 9.17) is 4.74 Å². The zero-order chi connectivity index (χ0) is 18.0. The molecule has 0 atom stereocenters. The molecule has 3 nitrogen and oxygen atoms in total. The van der Waals surface area contributed by atoms with Gasteiger partial charge in [0.1, 0.15) is 14.8 Å². The van der Waals surface area contributed by atoms with E-state index in [0.717, 1.165) is 17.1 Å². The third kappa shape index (κ3) is 5.58. The van der Waals surface area contributed by atoms with Gasteiger partial charge in [-0.1, -0.05) is 45.2 Å². The van der Waals surface area contributed by atoms with Crippen LogP contribution in [0.2, 0.25) is 45.3 Å². The summed E-state index contributed by atoms with van der Waals surface area (Å²) in [6.07, 6.45) is 0. The van der Waals surface area contributed by atoms with Crippen LogP contribution in [0.4, 0.5) is 4.39 Å². The second-order valence-electron chi connectivity index (χ2n) is 8.37. The van der Waals surface area contributed by atoms with Crippen LogP contribution in [0.5, 0.6) is 0 Å². The molecule has 6 heteroatoms. The second kappa shape index (κ2) is 7.22. The average molecular weight is 363 g/mol. The lowest BCUT2D eigenvalue weighted by atomic mass is 10.2. The highest BCUT2D eigenvalue weighted by Crippen LogP contribution is 2.19. The first-order chi connectivity index (χ1) is 11.1. The van der Waals surface area contributed by atoms with Crippen molar-refractivity contribution in [2.45, 2.75) is 52.1 Å². The number of fused-ring (bicyclic) bond motifs is 1. The van der Waals surface area contributed by atoms with Crippen molar-refractivity contribution in [2.75, 3.05) is 6.61 Å². The molecule has 0 fully saturated rings. The van der Waals surface area contributed by atoms with Gasteiger partial charge in [0, 0.05) is 20.2 Å². The van der Waals surface area contributed by atoms with Crippen LogP contribution in [0.3, 0.4) is 0 Å². The lowest BCUT2D eigenvalue weighted by Crippen LogP contribution is -2.22. The molecule has 24 heavy (non-hydrogen) atoms. The predicted molar refractivity (Wildman–Crippen MR) is 104 cm³/mol. The van der Waals surface area contributed by atoms with Crippen molar-refractivity contribution in [3.05, 3.63) is 29.7 Å². The summed E-state index contributed by atoms with van der Waals surface area (Å²) < 4.78 is 21.4. The van der Waals surface area contributed by atoms with Crippen molar-refractivity contribution in [3.8, 4) is 11.5 Å². The molecule has 0 bridgehead atoms. The van der Waals surface area contributed by atoms with Crippen molar-refractivity contribution in [3.63, 3.8) is 0 Å². The zero-order valence-corrected chi connectivity index (χ0v) is 17.5. The Hall–Kier alpha value is -1.43. The Morgan fingerprint density at radius 2 is 1.88 bits per heavy atom. The average Bonchev–Trinajstić information content (AvgIpc) is 2.76. The van der Waals surface area contributed by atoms with Crippen molar-refractivity contribution in [2.24, 2.45) is 0 Å². The highest BCUT2D eigenvalue weighted by atomic mass is 28.3. The second-order valence-corrected chi connectivity index (χ2v) is 18.7. The van der Waals surface area contributed by atoms with Crippen LogP contribution in [-0.4, -0.2) is 32.5 Å². The molecule has 0 N–H and O–H groups in total. The fraction of sp³-hybridized carbons (Fsp3) is 0.500.